The Hall–Kier alpha value is -2.18. The van der Waals surface area contributed by atoms with Crippen molar-refractivity contribution in [2.24, 2.45) is 0 Å². The number of pyridine rings is 1. The van der Waals surface area contributed by atoms with Crippen molar-refractivity contribution >= 4 is 11.3 Å². The zero-order valence-electron chi connectivity index (χ0n) is 12.0. The molecule has 0 fully saturated rings. The van der Waals surface area contributed by atoms with Crippen LogP contribution in [0.4, 0.5) is 0 Å². The minimum absolute atomic E-state index is 0.789. The van der Waals surface area contributed by atoms with E-state index in [1.807, 2.05) is 30.0 Å². The molecule has 6 heteroatoms. The molecular weight excluding hydrogens is 294 g/mol. The van der Waals surface area contributed by atoms with Gasteiger partial charge in [0.1, 0.15) is 0 Å². The van der Waals surface area contributed by atoms with E-state index in [4.69, 9.17) is 4.98 Å². The van der Waals surface area contributed by atoms with E-state index in [9.17, 15) is 0 Å². The highest BCUT2D eigenvalue weighted by atomic mass is 32.1. The maximum absolute atomic E-state index is 4.74. The lowest BCUT2D eigenvalue weighted by atomic mass is 10.1. The van der Waals surface area contributed by atoms with E-state index in [2.05, 4.69) is 19.9 Å². The summed E-state index contributed by atoms with van der Waals surface area (Å²) < 4.78 is 0. The average Bonchev–Trinajstić information content (AvgIpc) is 3.08. The summed E-state index contributed by atoms with van der Waals surface area (Å²) in [6.07, 6.45) is 8.43. The Morgan fingerprint density at radius 3 is 2.86 bits per heavy atom. The molecule has 0 amide bonds. The zero-order chi connectivity index (χ0) is 14.8. The molecule has 0 N–H and O–H groups in total. The SMILES string of the molecule is c1cc(-c2ncc3c(n2)CCN(Cc2cncs2)C3)ccn1. The fourth-order valence-electron chi connectivity index (χ4n) is 2.69. The Morgan fingerprint density at radius 1 is 1.14 bits per heavy atom. The van der Waals surface area contributed by atoms with Crippen molar-refractivity contribution < 1.29 is 0 Å². The molecule has 0 unspecified atom stereocenters. The zero-order valence-corrected chi connectivity index (χ0v) is 12.8. The standard InChI is InChI=1S/C16H15N5S/c1-4-17-5-2-12(1)16-19-7-13-9-21(6-3-15(13)20-16)10-14-8-18-11-22-14/h1-2,4-5,7-8,11H,3,6,9-10H2. The number of thiazole rings is 1. The highest BCUT2D eigenvalue weighted by Crippen LogP contribution is 2.22. The van der Waals surface area contributed by atoms with Gasteiger partial charge >= 0.3 is 0 Å². The molecule has 0 spiro atoms. The molecule has 22 heavy (non-hydrogen) atoms. The first-order valence-corrected chi connectivity index (χ1v) is 8.11. The van der Waals surface area contributed by atoms with Crippen molar-refractivity contribution in [3.8, 4) is 11.4 Å². The van der Waals surface area contributed by atoms with Crippen LogP contribution in [0.1, 0.15) is 16.1 Å². The number of nitrogens with zero attached hydrogens (tertiary/aromatic N) is 5. The largest absolute Gasteiger partial charge is 0.293 e. The second-order valence-electron chi connectivity index (χ2n) is 5.33. The van der Waals surface area contributed by atoms with E-state index in [-0.39, 0.29) is 0 Å². The minimum atomic E-state index is 0.789. The molecule has 5 nitrogen and oxygen atoms in total. The maximum Gasteiger partial charge on any atom is 0.159 e. The fraction of sp³-hybridized carbons (Fsp3) is 0.250. The summed E-state index contributed by atoms with van der Waals surface area (Å²) in [4.78, 5) is 21.2. The molecule has 1 aliphatic heterocycles. The molecule has 0 aromatic carbocycles. The summed E-state index contributed by atoms with van der Waals surface area (Å²) in [5, 5.41) is 0. The fourth-order valence-corrected chi connectivity index (χ4v) is 3.33. The van der Waals surface area contributed by atoms with E-state index in [1.54, 1.807) is 23.7 Å². The molecule has 0 aliphatic carbocycles. The van der Waals surface area contributed by atoms with Crippen molar-refractivity contribution in [2.75, 3.05) is 6.54 Å². The van der Waals surface area contributed by atoms with E-state index in [0.29, 0.717) is 0 Å². The van der Waals surface area contributed by atoms with E-state index in [0.717, 1.165) is 37.4 Å². The van der Waals surface area contributed by atoms with Gasteiger partial charge in [-0.3, -0.25) is 14.9 Å². The minimum Gasteiger partial charge on any atom is -0.293 e. The highest BCUT2D eigenvalue weighted by Gasteiger charge is 2.19. The van der Waals surface area contributed by atoms with Crippen LogP contribution in [0.25, 0.3) is 11.4 Å². The molecule has 4 rings (SSSR count). The second-order valence-corrected chi connectivity index (χ2v) is 6.30. The van der Waals surface area contributed by atoms with Crippen molar-refractivity contribution in [2.45, 2.75) is 19.5 Å². The van der Waals surface area contributed by atoms with Gasteiger partial charge in [0.05, 0.1) is 11.2 Å². The van der Waals surface area contributed by atoms with Gasteiger partial charge in [-0.05, 0) is 12.1 Å². The van der Waals surface area contributed by atoms with Crippen molar-refractivity contribution in [1.29, 1.82) is 0 Å². The van der Waals surface area contributed by atoms with Gasteiger partial charge in [-0.25, -0.2) is 9.97 Å². The Morgan fingerprint density at radius 2 is 2.05 bits per heavy atom. The third kappa shape index (κ3) is 2.75. The topological polar surface area (TPSA) is 54.8 Å². The van der Waals surface area contributed by atoms with Crippen molar-refractivity contribution in [3.63, 3.8) is 0 Å². The average molecular weight is 309 g/mol. The Labute approximate surface area is 132 Å². The number of rotatable bonds is 3. The first-order chi connectivity index (χ1) is 10.9. The van der Waals surface area contributed by atoms with Gasteiger partial charge in [0.15, 0.2) is 5.82 Å². The molecule has 3 aromatic rings. The Balaban J connectivity index is 1.54. The third-order valence-corrected chi connectivity index (χ3v) is 4.58. The highest BCUT2D eigenvalue weighted by molar-refractivity contribution is 7.09. The normalized spacial score (nSPS) is 14.7. The molecule has 0 saturated heterocycles. The van der Waals surface area contributed by atoms with Gasteiger partial charge in [0.2, 0.25) is 0 Å². The summed E-state index contributed by atoms with van der Waals surface area (Å²) in [6.45, 7) is 2.89. The number of fused-ring (bicyclic) bond motifs is 1. The summed E-state index contributed by atoms with van der Waals surface area (Å²) in [6, 6.07) is 3.89. The van der Waals surface area contributed by atoms with Crippen LogP contribution < -0.4 is 0 Å². The smallest absolute Gasteiger partial charge is 0.159 e. The van der Waals surface area contributed by atoms with Gasteiger partial charge in [0.25, 0.3) is 0 Å². The van der Waals surface area contributed by atoms with Crippen LogP contribution in [0.15, 0.2) is 42.4 Å². The summed E-state index contributed by atoms with van der Waals surface area (Å²) in [5.41, 5.74) is 5.30. The lowest BCUT2D eigenvalue weighted by Crippen LogP contribution is -2.30. The molecular formula is C16H15N5S. The van der Waals surface area contributed by atoms with Gasteiger partial charge in [-0.1, -0.05) is 0 Å². The number of aromatic nitrogens is 4. The maximum atomic E-state index is 4.74. The molecule has 0 bridgehead atoms. The molecule has 0 saturated carbocycles. The second kappa shape index (κ2) is 5.90. The van der Waals surface area contributed by atoms with E-state index < -0.39 is 0 Å². The molecule has 110 valence electrons. The number of hydrogen-bond acceptors (Lipinski definition) is 6. The van der Waals surface area contributed by atoms with E-state index in [1.165, 1.54) is 16.1 Å². The van der Waals surface area contributed by atoms with Gasteiger partial charge in [0, 0.05) is 66.8 Å². The number of hydrogen-bond donors (Lipinski definition) is 0. The predicted octanol–water partition coefficient (Wildman–Crippen LogP) is 2.55. The Kier molecular flexibility index (Phi) is 3.62. The summed E-state index contributed by atoms with van der Waals surface area (Å²) in [5.74, 6) is 0.789. The third-order valence-electron chi connectivity index (χ3n) is 3.81. The molecule has 0 radical (unpaired) electrons. The van der Waals surface area contributed by atoms with Crippen LogP contribution in [-0.2, 0) is 19.5 Å². The molecule has 3 aromatic heterocycles. The van der Waals surface area contributed by atoms with Gasteiger partial charge < -0.3 is 0 Å². The molecule has 4 heterocycles. The van der Waals surface area contributed by atoms with Crippen LogP contribution in [0.2, 0.25) is 0 Å². The lowest BCUT2D eigenvalue weighted by molar-refractivity contribution is 0.245. The summed E-state index contributed by atoms with van der Waals surface area (Å²) in [7, 11) is 0. The van der Waals surface area contributed by atoms with E-state index >= 15 is 0 Å². The van der Waals surface area contributed by atoms with Crippen LogP contribution in [-0.4, -0.2) is 31.4 Å². The first-order valence-electron chi connectivity index (χ1n) is 7.23. The van der Waals surface area contributed by atoms with Crippen molar-refractivity contribution in [3.05, 3.63) is 58.6 Å². The molecule has 0 atom stereocenters. The summed E-state index contributed by atoms with van der Waals surface area (Å²) >= 11 is 1.71. The van der Waals surface area contributed by atoms with Crippen LogP contribution >= 0.6 is 11.3 Å². The van der Waals surface area contributed by atoms with Crippen LogP contribution in [0.5, 0.6) is 0 Å². The predicted molar refractivity (Wildman–Crippen MR) is 85.2 cm³/mol. The lowest BCUT2D eigenvalue weighted by Gasteiger charge is -2.27. The monoisotopic (exact) mass is 309 g/mol. The van der Waals surface area contributed by atoms with Crippen molar-refractivity contribution in [1.82, 2.24) is 24.8 Å². The Bertz CT molecular complexity index is 757. The van der Waals surface area contributed by atoms with Gasteiger partial charge in [-0.15, -0.1) is 11.3 Å². The quantitative estimate of drug-likeness (QED) is 0.744. The van der Waals surface area contributed by atoms with Crippen LogP contribution in [0.3, 0.4) is 0 Å². The molecule has 1 aliphatic rings. The first kappa shape index (κ1) is 13.5. The van der Waals surface area contributed by atoms with Gasteiger partial charge in [-0.2, -0.15) is 0 Å². The van der Waals surface area contributed by atoms with Crippen LogP contribution in [0, 0.1) is 0 Å².